The van der Waals surface area contributed by atoms with Crippen molar-refractivity contribution in [2.45, 2.75) is 0 Å². The van der Waals surface area contributed by atoms with E-state index in [2.05, 4.69) is 71.3 Å². The van der Waals surface area contributed by atoms with Crippen LogP contribution in [0.5, 0.6) is 0 Å². The summed E-state index contributed by atoms with van der Waals surface area (Å²) in [6.45, 7) is 0. The highest BCUT2D eigenvalue weighted by molar-refractivity contribution is 7.26. The van der Waals surface area contributed by atoms with E-state index >= 15 is 0 Å². The first-order valence-corrected chi connectivity index (χ1v) is 20.2. The molecule has 0 saturated carbocycles. The minimum Gasteiger partial charge on any atom is -0.309 e. The second-order valence-electron chi connectivity index (χ2n) is 13.9. The van der Waals surface area contributed by atoms with Crippen LogP contribution in [0, 0.1) is 0 Å². The Labute approximate surface area is 344 Å². The number of para-hydroxylation sites is 2. The minimum atomic E-state index is -0.291. The van der Waals surface area contributed by atoms with Crippen molar-refractivity contribution >= 4 is 84.8 Å². The van der Waals surface area contributed by atoms with E-state index in [9.17, 15) is 1.37 Å². The molecule has 0 spiro atoms. The van der Waals surface area contributed by atoms with Crippen LogP contribution in [0.15, 0.2) is 182 Å². The highest BCUT2D eigenvalue weighted by Gasteiger charge is 2.21. The number of nitrogens with zero attached hydrogens (tertiary/aromatic N) is 4. The summed E-state index contributed by atoms with van der Waals surface area (Å²) in [4.78, 5) is 15.4. The Hall–Kier alpha value is -6.99. The van der Waals surface area contributed by atoms with Crippen molar-refractivity contribution in [1.29, 1.82) is 0 Å². The monoisotopic (exact) mass is 768 g/mol. The number of rotatable bonds is 5. The molecule has 4 aromatic heterocycles. The summed E-state index contributed by atoms with van der Waals surface area (Å²) in [5, 5.41) is 4.99. The van der Waals surface area contributed by atoms with Crippen molar-refractivity contribution in [1.82, 2.24) is 19.5 Å². The normalized spacial score (nSPS) is 13.3. The number of fused-ring (bicyclic) bond motifs is 9. The lowest BCUT2D eigenvalue weighted by atomic mass is 9.98. The predicted molar refractivity (Wildman–Crippen MR) is 242 cm³/mol. The van der Waals surface area contributed by atoms with Crippen molar-refractivity contribution in [3.63, 3.8) is 0 Å². The first kappa shape index (κ1) is 26.8. The summed E-state index contributed by atoms with van der Waals surface area (Å²) < 4.78 is 59.4. The van der Waals surface area contributed by atoms with E-state index in [1.54, 1.807) is 11.3 Å². The Balaban J connectivity index is 1.17. The Morgan fingerprint density at radius 1 is 0.404 bits per heavy atom. The van der Waals surface area contributed by atoms with Gasteiger partial charge in [-0.15, -0.1) is 22.7 Å². The molecule has 57 heavy (non-hydrogen) atoms. The number of thiophene rings is 2. The number of aromatic nitrogens is 4. The Morgan fingerprint density at radius 3 is 1.82 bits per heavy atom. The lowest BCUT2D eigenvalue weighted by Gasteiger charge is -2.17. The molecule has 8 aromatic carbocycles. The van der Waals surface area contributed by atoms with Crippen LogP contribution in [0.3, 0.4) is 0 Å². The van der Waals surface area contributed by atoms with Crippen LogP contribution in [0.25, 0.3) is 113 Å². The number of benzene rings is 8. The van der Waals surface area contributed by atoms with E-state index in [0.717, 1.165) is 38.3 Å². The van der Waals surface area contributed by atoms with Crippen molar-refractivity contribution in [3.05, 3.63) is 182 Å². The minimum absolute atomic E-state index is 0.0692. The third-order valence-electron chi connectivity index (χ3n) is 10.6. The van der Waals surface area contributed by atoms with E-state index in [1.165, 1.54) is 32.2 Å². The topological polar surface area (TPSA) is 43.6 Å². The van der Waals surface area contributed by atoms with Crippen molar-refractivity contribution < 1.29 is 8.22 Å². The molecule has 0 aliphatic carbocycles. The van der Waals surface area contributed by atoms with Gasteiger partial charge in [0.1, 0.15) is 0 Å². The van der Waals surface area contributed by atoms with Crippen LogP contribution in [0.4, 0.5) is 0 Å². The highest BCUT2D eigenvalue weighted by atomic mass is 32.1. The molecule has 4 nitrogen and oxygen atoms in total. The van der Waals surface area contributed by atoms with Gasteiger partial charge in [0.05, 0.1) is 24.9 Å². The first-order valence-electron chi connectivity index (χ1n) is 21.5. The maximum absolute atomic E-state index is 9.51. The average Bonchev–Trinajstić information content (AvgIpc) is 4.01. The zero-order valence-electron chi connectivity index (χ0n) is 36.0. The quantitative estimate of drug-likeness (QED) is 0.175. The fraction of sp³-hybridized carbons (Fsp3) is 0. The van der Waals surface area contributed by atoms with Gasteiger partial charge in [-0.2, -0.15) is 0 Å². The molecule has 12 aromatic rings. The zero-order chi connectivity index (χ0) is 42.7. The van der Waals surface area contributed by atoms with Gasteiger partial charge in [0, 0.05) is 78.9 Å². The van der Waals surface area contributed by atoms with Gasteiger partial charge in [0.2, 0.25) is 0 Å². The summed E-state index contributed by atoms with van der Waals surface area (Å²) in [7, 11) is 0. The largest absolute Gasteiger partial charge is 0.309 e. The van der Waals surface area contributed by atoms with Gasteiger partial charge in [-0.05, 0) is 48.5 Å². The molecule has 0 aliphatic heterocycles. The van der Waals surface area contributed by atoms with Crippen LogP contribution < -0.4 is 0 Å². The third kappa shape index (κ3) is 5.15. The van der Waals surface area contributed by atoms with Crippen molar-refractivity contribution in [2.24, 2.45) is 0 Å². The zero-order valence-corrected chi connectivity index (χ0v) is 31.6. The molecular weight excluding hydrogens is 733 g/mol. The summed E-state index contributed by atoms with van der Waals surface area (Å²) in [5.74, 6) is 1.49. The molecular formula is C51H30N4S2. The van der Waals surface area contributed by atoms with Crippen LogP contribution >= 0.6 is 22.7 Å². The van der Waals surface area contributed by atoms with Gasteiger partial charge >= 0.3 is 0 Å². The fourth-order valence-electron chi connectivity index (χ4n) is 8.02. The standard InChI is InChI=1S/C51H30N4S2/c1-2-13-31(14-3-1)49-52-50(32-26-28-47-41(29-32)38-18-7-10-23-45(38)56-47)54-51(53-49)33-25-27-36(39-19-12-20-40-37-17-6-11-24-46(37)57-48(39)40)44(30-33)55-42-21-8-4-15-34(42)35-16-5-9-22-43(35)55/h1-30H/i6D,12D,17D,19D,20D,24D. The molecule has 12 rings (SSSR count). The summed E-state index contributed by atoms with van der Waals surface area (Å²) in [6.07, 6.45) is 0. The van der Waals surface area contributed by atoms with Crippen LogP contribution in [0.1, 0.15) is 8.22 Å². The van der Waals surface area contributed by atoms with Gasteiger partial charge in [-0.3, -0.25) is 0 Å². The average molecular weight is 769 g/mol. The van der Waals surface area contributed by atoms with Gasteiger partial charge in [0.25, 0.3) is 0 Å². The van der Waals surface area contributed by atoms with Crippen LogP contribution in [0.2, 0.25) is 0 Å². The van der Waals surface area contributed by atoms with E-state index in [-0.39, 0.29) is 36.3 Å². The number of hydrogen-bond acceptors (Lipinski definition) is 5. The molecule has 0 N–H and O–H groups in total. The molecule has 0 amide bonds. The van der Waals surface area contributed by atoms with Crippen LogP contribution in [-0.4, -0.2) is 19.5 Å². The molecule has 0 fully saturated rings. The van der Waals surface area contributed by atoms with E-state index in [4.69, 9.17) is 21.8 Å². The van der Waals surface area contributed by atoms with Gasteiger partial charge in [0.15, 0.2) is 17.5 Å². The molecule has 0 aliphatic rings. The van der Waals surface area contributed by atoms with Crippen molar-refractivity contribution in [3.8, 4) is 51.0 Å². The molecule has 0 saturated heterocycles. The van der Waals surface area contributed by atoms with Crippen LogP contribution in [-0.2, 0) is 0 Å². The number of hydrogen-bond donors (Lipinski definition) is 0. The summed E-state index contributed by atoms with van der Waals surface area (Å²) in [5.41, 5.74) is 5.98. The predicted octanol–water partition coefficient (Wildman–Crippen LogP) is 14.4. The molecule has 4 heterocycles. The smallest absolute Gasteiger partial charge is 0.164 e. The molecule has 0 unspecified atom stereocenters. The third-order valence-corrected chi connectivity index (χ3v) is 12.9. The highest BCUT2D eigenvalue weighted by Crippen LogP contribution is 2.44. The lowest BCUT2D eigenvalue weighted by molar-refractivity contribution is 1.07. The Bertz CT molecular complexity index is 3840. The summed E-state index contributed by atoms with van der Waals surface area (Å²) >= 11 is 2.98. The van der Waals surface area contributed by atoms with Gasteiger partial charge < -0.3 is 4.57 Å². The fourth-order valence-corrected chi connectivity index (χ4v) is 10.2. The van der Waals surface area contributed by atoms with E-state index in [0.29, 0.717) is 60.0 Å². The molecule has 0 bridgehead atoms. The molecule has 266 valence electrons. The maximum atomic E-state index is 9.51. The lowest BCUT2D eigenvalue weighted by Crippen LogP contribution is -2.02. The Morgan fingerprint density at radius 2 is 1.04 bits per heavy atom. The molecule has 0 radical (unpaired) electrons. The van der Waals surface area contributed by atoms with Gasteiger partial charge in [-0.1, -0.05) is 133 Å². The second-order valence-corrected chi connectivity index (χ2v) is 16.0. The van der Waals surface area contributed by atoms with Gasteiger partial charge in [-0.25, -0.2) is 15.0 Å². The van der Waals surface area contributed by atoms with Crippen molar-refractivity contribution in [2.75, 3.05) is 0 Å². The molecule has 6 heteroatoms. The molecule has 0 atom stereocenters. The maximum Gasteiger partial charge on any atom is 0.164 e. The summed E-state index contributed by atoms with van der Waals surface area (Å²) in [6, 6.07) is 47.4. The Kier molecular flexibility index (Phi) is 6.00. The SMILES string of the molecule is [2H]c1cc([2H])c2sc3c(-c4ccc(-c5nc(-c6ccccc6)nc(-c6ccc7sc8ccccc8c7c6)n5)cc4-n4c5ccccc5c5ccccc54)c([2H])c([2H])c([2H])c3c2c1[2H]. The second kappa shape index (κ2) is 12.8. The first-order chi connectivity index (χ1) is 30.7. The van der Waals surface area contributed by atoms with E-state index < -0.39 is 0 Å². The van der Waals surface area contributed by atoms with E-state index in [1.807, 2.05) is 72.8 Å².